The van der Waals surface area contributed by atoms with Crippen molar-refractivity contribution in [3.05, 3.63) is 76.2 Å². The average Bonchev–Trinajstić information content (AvgIpc) is 2.99. The number of rotatable bonds is 3. The molecule has 174 valence electrons. The van der Waals surface area contributed by atoms with Crippen molar-refractivity contribution in [3.63, 3.8) is 0 Å². The van der Waals surface area contributed by atoms with Gasteiger partial charge in [-0.2, -0.15) is 5.10 Å². The van der Waals surface area contributed by atoms with Crippen LogP contribution in [0.15, 0.2) is 48.5 Å². The standard InChI is InChI=1S/C26H27ClN6O/c1-17-9-11-20(12-10-17)33-25-23(18(2)30-33)24(28-19(3)29-25)31-13-6-14-32(16-15-31)26(34)21-7-4-5-8-22(21)27/h4-5,7-12H,6,13-16H2,1-3H3. The first-order chi connectivity index (χ1) is 16.4. The number of hydrogen-bond donors (Lipinski definition) is 0. The maximum Gasteiger partial charge on any atom is 0.255 e. The normalized spacial score (nSPS) is 14.5. The molecule has 0 saturated carbocycles. The fourth-order valence-electron chi connectivity index (χ4n) is 4.50. The molecule has 1 fully saturated rings. The predicted octanol–water partition coefficient (Wildman–Crippen LogP) is 4.75. The van der Waals surface area contributed by atoms with Crippen LogP contribution < -0.4 is 4.90 Å². The van der Waals surface area contributed by atoms with Crippen LogP contribution in [0.4, 0.5) is 5.82 Å². The summed E-state index contributed by atoms with van der Waals surface area (Å²) in [7, 11) is 0. The Bertz CT molecular complexity index is 1360. The van der Waals surface area contributed by atoms with Crippen molar-refractivity contribution in [1.29, 1.82) is 0 Å². The van der Waals surface area contributed by atoms with Crippen LogP contribution in [0.5, 0.6) is 0 Å². The van der Waals surface area contributed by atoms with E-state index < -0.39 is 0 Å². The Kier molecular flexibility index (Phi) is 5.96. The Balaban J connectivity index is 1.47. The molecular weight excluding hydrogens is 448 g/mol. The van der Waals surface area contributed by atoms with Gasteiger partial charge in [0.2, 0.25) is 0 Å². The SMILES string of the molecule is Cc1ccc(-n2nc(C)c3c(N4CCCN(C(=O)c5ccccc5Cl)CC4)nc(C)nc32)cc1. The summed E-state index contributed by atoms with van der Waals surface area (Å²) in [5, 5.41) is 6.25. The smallest absolute Gasteiger partial charge is 0.255 e. The van der Waals surface area contributed by atoms with Gasteiger partial charge in [0, 0.05) is 26.2 Å². The van der Waals surface area contributed by atoms with Gasteiger partial charge in [0.25, 0.3) is 5.91 Å². The first-order valence-electron chi connectivity index (χ1n) is 11.5. The number of fused-ring (bicyclic) bond motifs is 1. The van der Waals surface area contributed by atoms with E-state index in [0.717, 1.165) is 41.2 Å². The van der Waals surface area contributed by atoms with E-state index in [1.165, 1.54) is 5.56 Å². The zero-order valence-corrected chi connectivity index (χ0v) is 20.4. The van der Waals surface area contributed by atoms with Crippen LogP contribution >= 0.6 is 11.6 Å². The number of benzene rings is 2. The second kappa shape index (κ2) is 9.06. The highest BCUT2D eigenvalue weighted by Crippen LogP contribution is 2.30. The lowest BCUT2D eigenvalue weighted by Crippen LogP contribution is -2.35. The first kappa shape index (κ1) is 22.3. The van der Waals surface area contributed by atoms with Gasteiger partial charge in [-0.05, 0) is 51.5 Å². The fraction of sp³-hybridized carbons (Fsp3) is 0.308. The molecule has 2 aromatic heterocycles. The van der Waals surface area contributed by atoms with Crippen molar-refractivity contribution in [3.8, 4) is 5.69 Å². The molecule has 8 heteroatoms. The molecule has 5 rings (SSSR count). The number of carbonyl (C=O) groups is 1. The Labute approximate surface area is 204 Å². The zero-order valence-electron chi connectivity index (χ0n) is 19.6. The minimum Gasteiger partial charge on any atom is -0.354 e. The number of halogens is 1. The minimum absolute atomic E-state index is 0.0279. The van der Waals surface area contributed by atoms with Gasteiger partial charge in [-0.15, -0.1) is 0 Å². The Morgan fingerprint density at radius 3 is 2.44 bits per heavy atom. The van der Waals surface area contributed by atoms with Gasteiger partial charge in [-0.25, -0.2) is 14.6 Å². The molecule has 1 aliphatic rings. The fourth-order valence-corrected chi connectivity index (χ4v) is 4.72. The van der Waals surface area contributed by atoms with E-state index in [1.807, 2.05) is 35.6 Å². The summed E-state index contributed by atoms with van der Waals surface area (Å²) in [6.07, 6.45) is 0.839. The van der Waals surface area contributed by atoms with Gasteiger partial charge in [-0.3, -0.25) is 4.79 Å². The lowest BCUT2D eigenvalue weighted by molar-refractivity contribution is 0.0767. The Morgan fingerprint density at radius 2 is 1.68 bits per heavy atom. The van der Waals surface area contributed by atoms with Crippen molar-refractivity contribution in [1.82, 2.24) is 24.6 Å². The molecule has 34 heavy (non-hydrogen) atoms. The number of hydrogen-bond acceptors (Lipinski definition) is 5. The van der Waals surface area contributed by atoms with E-state index in [0.29, 0.717) is 36.0 Å². The molecule has 0 radical (unpaired) electrons. The Morgan fingerprint density at radius 1 is 0.912 bits per heavy atom. The minimum atomic E-state index is -0.0279. The van der Waals surface area contributed by atoms with E-state index in [-0.39, 0.29) is 5.91 Å². The maximum absolute atomic E-state index is 13.1. The quantitative estimate of drug-likeness (QED) is 0.428. The second-order valence-corrected chi connectivity index (χ2v) is 9.15. The van der Waals surface area contributed by atoms with E-state index in [9.17, 15) is 4.79 Å². The lowest BCUT2D eigenvalue weighted by atomic mass is 10.2. The number of carbonyl (C=O) groups excluding carboxylic acids is 1. The maximum atomic E-state index is 13.1. The summed E-state index contributed by atoms with van der Waals surface area (Å²) >= 11 is 6.28. The van der Waals surface area contributed by atoms with Crippen molar-refractivity contribution < 1.29 is 4.79 Å². The summed E-state index contributed by atoms with van der Waals surface area (Å²) < 4.78 is 1.90. The van der Waals surface area contributed by atoms with Crippen LogP contribution in [0.2, 0.25) is 5.02 Å². The van der Waals surface area contributed by atoms with Gasteiger partial charge in [-0.1, -0.05) is 41.4 Å². The molecule has 7 nitrogen and oxygen atoms in total. The molecule has 0 atom stereocenters. The van der Waals surface area contributed by atoms with Crippen LogP contribution in [0.25, 0.3) is 16.7 Å². The van der Waals surface area contributed by atoms with E-state index in [2.05, 4.69) is 36.1 Å². The molecule has 1 aliphatic heterocycles. The van der Waals surface area contributed by atoms with Crippen molar-refractivity contribution in [2.75, 3.05) is 31.1 Å². The summed E-state index contributed by atoms with van der Waals surface area (Å²) in [4.78, 5) is 26.8. The lowest BCUT2D eigenvalue weighted by Gasteiger charge is -2.24. The molecule has 0 spiro atoms. The third-order valence-electron chi connectivity index (χ3n) is 6.26. The monoisotopic (exact) mass is 474 g/mol. The molecule has 3 heterocycles. The second-order valence-electron chi connectivity index (χ2n) is 8.74. The largest absolute Gasteiger partial charge is 0.354 e. The van der Waals surface area contributed by atoms with E-state index in [1.54, 1.807) is 12.1 Å². The molecule has 0 unspecified atom stereocenters. The van der Waals surface area contributed by atoms with Crippen molar-refractivity contribution in [2.24, 2.45) is 0 Å². The van der Waals surface area contributed by atoms with Gasteiger partial charge in [0.15, 0.2) is 5.65 Å². The topological polar surface area (TPSA) is 67.2 Å². The molecule has 1 amide bonds. The highest BCUT2D eigenvalue weighted by atomic mass is 35.5. The molecule has 4 aromatic rings. The molecule has 0 bridgehead atoms. The number of anilines is 1. The number of nitrogens with zero attached hydrogens (tertiary/aromatic N) is 6. The predicted molar refractivity (Wildman–Crippen MR) is 135 cm³/mol. The van der Waals surface area contributed by atoms with Crippen LogP contribution in [0.1, 0.15) is 33.9 Å². The summed E-state index contributed by atoms with van der Waals surface area (Å²) in [5.41, 5.74) is 4.41. The van der Waals surface area contributed by atoms with Crippen LogP contribution in [0, 0.1) is 20.8 Å². The van der Waals surface area contributed by atoms with Crippen molar-refractivity contribution in [2.45, 2.75) is 27.2 Å². The van der Waals surface area contributed by atoms with Crippen LogP contribution in [-0.2, 0) is 0 Å². The van der Waals surface area contributed by atoms with E-state index >= 15 is 0 Å². The van der Waals surface area contributed by atoms with Crippen molar-refractivity contribution >= 4 is 34.4 Å². The van der Waals surface area contributed by atoms with E-state index in [4.69, 9.17) is 26.7 Å². The molecule has 0 N–H and O–H groups in total. The highest BCUT2D eigenvalue weighted by molar-refractivity contribution is 6.33. The molecule has 0 aliphatic carbocycles. The third kappa shape index (κ3) is 4.12. The van der Waals surface area contributed by atoms with Crippen LogP contribution in [-0.4, -0.2) is 56.7 Å². The molecule has 2 aromatic carbocycles. The number of amides is 1. The summed E-state index contributed by atoms with van der Waals surface area (Å²) in [6.45, 7) is 8.73. The molecular formula is C26H27ClN6O. The number of aromatic nitrogens is 4. The van der Waals surface area contributed by atoms with Crippen LogP contribution in [0.3, 0.4) is 0 Å². The average molecular weight is 475 g/mol. The first-order valence-corrected chi connectivity index (χ1v) is 11.9. The highest BCUT2D eigenvalue weighted by Gasteiger charge is 2.25. The zero-order chi connectivity index (χ0) is 23.8. The van der Waals surface area contributed by atoms with Gasteiger partial charge in [0.1, 0.15) is 11.6 Å². The summed E-state index contributed by atoms with van der Waals surface area (Å²) in [5.74, 6) is 1.55. The summed E-state index contributed by atoms with van der Waals surface area (Å²) in [6, 6.07) is 15.5. The molecule has 1 saturated heterocycles. The van der Waals surface area contributed by atoms with Gasteiger partial charge >= 0.3 is 0 Å². The van der Waals surface area contributed by atoms with Gasteiger partial charge < -0.3 is 9.80 Å². The Hall–Kier alpha value is -3.45. The number of aryl methyl sites for hydroxylation is 3. The third-order valence-corrected chi connectivity index (χ3v) is 6.59. The van der Waals surface area contributed by atoms with Gasteiger partial charge in [0.05, 0.1) is 27.4 Å².